The zero-order valence-electron chi connectivity index (χ0n) is 7.69. The summed E-state index contributed by atoms with van der Waals surface area (Å²) in [6.45, 7) is 0. The van der Waals surface area contributed by atoms with E-state index < -0.39 is 0 Å². The van der Waals surface area contributed by atoms with Gasteiger partial charge in [0.2, 0.25) is 0 Å². The van der Waals surface area contributed by atoms with Crippen molar-refractivity contribution in [2.75, 3.05) is 0 Å². The molecule has 0 unspecified atom stereocenters. The summed E-state index contributed by atoms with van der Waals surface area (Å²) in [5, 5.41) is 22.6. The van der Waals surface area contributed by atoms with Gasteiger partial charge >= 0.3 is 0 Å². The zero-order valence-corrected chi connectivity index (χ0v) is 8.51. The van der Waals surface area contributed by atoms with E-state index in [-0.39, 0.29) is 0 Å². The smallest absolute Gasteiger partial charge is 0.0998 e. The van der Waals surface area contributed by atoms with Crippen molar-refractivity contribution in [1.29, 1.82) is 10.5 Å². The molecular formula is C12H5N2S. The first-order valence-electron chi connectivity index (χ1n) is 4.24. The third-order valence-corrected chi connectivity index (χ3v) is 2.67. The van der Waals surface area contributed by atoms with Gasteiger partial charge in [-0.25, -0.2) is 0 Å². The van der Waals surface area contributed by atoms with Gasteiger partial charge in [-0.3, -0.25) is 0 Å². The SMILES string of the molecule is N#Cc1ccc(-c2c[c]sc2)c(C#N)c1. The number of thiophene rings is 1. The van der Waals surface area contributed by atoms with Gasteiger partial charge in [0.15, 0.2) is 0 Å². The van der Waals surface area contributed by atoms with Crippen LogP contribution in [-0.4, -0.2) is 0 Å². The maximum atomic E-state index is 8.97. The number of benzene rings is 1. The van der Waals surface area contributed by atoms with Gasteiger partial charge < -0.3 is 0 Å². The number of hydrogen-bond acceptors (Lipinski definition) is 3. The normalized spacial score (nSPS) is 9.20. The van der Waals surface area contributed by atoms with E-state index in [1.165, 1.54) is 11.3 Å². The van der Waals surface area contributed by atoms with Crippen LogP contribution in [0, 0.1) is 28.0 Å². The first kappa shape index (κ1) is 9.45. The van der Waals surface area contributed by atoms with Crippen molar-refractivity contribution in [2.24, 2.45) is 0 Å². The van der Waals surface area contributed by atoms with Gasteiger partial charge in [-0.1, -0.05) is 6.07 Å². The summed E-state index contributed by atoms with van der Waals surface area (Å²) in [7, 11) is 0. The van der Waals surface area contributed by atoms with Crippen LogP contribution in [0.5, 0.6) is 0 Å². The molecule has 0 fully saturated rings. The lowest BCUT2D eigenvalue weighted by molar-refractivity contribution is 1.45. The molecule has 0 aliphatic heterocycles. The molecule has 69 valence electrons. The molecule has 2 rings (SSSR count). The molecule has 1 aromatic carbocycles. The Morgan fingerprint density at radius 1 is 1.20 bits per heavy atom. The van der Waals surface area contributed by atoms with Crippen LogP contribution in [0.15, 0.2) is 29.6 Å². The molecule has 0 atom stereocenters. The molecule has 1 heterocycles. The van der Waals surface area contributed by atoms with Crippen molar-refractivity contribution in [3.63, 3.8) is 0 Å². The largest absolute Gasteiger partial charge is 0.192 e. The predicted octanol–water partition coefficient (Wildman–Crippen LogP) is 2.96. The second kappa shape index (κ2) is 3.96. The van der Waals surface area contributed by atoms with Crippen LogP contribution >= 0.6 is 11.3 Å². The van der Waals surface area contributed by atoms with Gasteiger partial charge in [0.25, 0.3) is 0 Å². The number of nitriles is 2. The van der Waals surface area contributed by atoms with Crippen molar-refractivity contribution < 1.29 is 0 Å². The summed E-state index contributed by atoms with van der Waals surface area (Å²) >= 11 is 1.46. The zero-order chi connectivity index (χ0) is 10.7. The van der Waals surface area contributed by atoms with E-state index in [9.17, 15) is 0 Å². The molecule has 1 aromatic heterocycles. The molecule has 0 amide bonds. The molecule has 0 N–H and O–H groups in total. The average Bonchev–Trinajstić information content (AvgIpc) is 2.81. The molecule has 0 bridgehead atoms. The molecular weight excluding hydrogens is 204 g/mol. The van der Waals surface area contributed by atoms with Gasteiger partial charge in [0, 0.05) is 10.9 Å². The Bertz CT molecular complexity index is 556. The second-order valence-corrected chi connectivity index (χ2v) is 3.64. The Hall–Kier alpha value is -2.10. The summed E-state index contributed by atoms with van der Waals surface area (Å²) in [5.74, 6) is 0. The minimum Gasteiger partial charge on any atom is -0.192 e. The predicted molar refractivity (Wildman–Crippen MR) is 58.0 cm³/mol. The van der Waals surface area contributed by atoms with Crippen LogP contribution in [0.3, 0.4) is 0 Å². The minimum absolute atomic E-state index is 0.509. The first-order valence-corrected chi connectivity index (χ1v) is 5.12. The lowest BCUT2D eigenvalue weighted by Gasteiger charge is -2.00. The molecule has 15 heavy (non-hydrogen) atoms. The van der Waals surface area contributed by atoms with Gasteiger partial charge in [0.05, 0.1) is 23.3 Å². The molecule has 2 aromatic rings. The Morgan fingerprint density at radius 3 is 2.67 bits per heavy atom. The van der Waals surface area contributed by atoms with Gasteiger partial charge in [-0.2, -0.15) is 10.5 Å². The number of nitrogens with zero attached hydrogens (tertiary/aromatic N) is 2. The molecule has 0 aliphatic carbocycles. The highest BCUT2D eigenvalue weighted by molar-refractivity contribution is 7.07. The fourth-order valence-corrected chi connectivity index (χ4v) is 1.91. The highest BCUT2D eigenvalue weighted by Crippen LogP contribution is 2.25. The molecule has 2 nitrogen and oxygen atoms in total. The third-order valence-electron chi connectivity index (χ3n) is 2.05. The summed E-state index contributed by atoms with van der Waals surface area (Å²) in [4.78, 5) is 0. The molecule has 1 radical (unpaired) electrons. The van der Waals surface area contributed by atoms with Crippen molar-refractivity contribution in [3.05, 3.63) is 46.2 Å². The molecule has 3 heteroatoms. The highest BCUT2D eigenvalue weighted by atomic mass is 32.1. The molecule has 0 aliphatic rings. The van der Waals surface area contributed by atoms with E-state index in [1.54, 1.807) is 18.2 Å². The molecule has 0 saturated carbocycles. The molecule has 0 spiro atoms. The van der Waals surface area contributed by atoms with E-state index >= 15 is 0 Å². The first-order chi connectivity index (χ1) is 7.35. The monoisotopic (exact) mass is 209 g/mol. The number of rotatable bonds is 1. The Balaban J connectivity index is 2.60. The van der Waals surface area contributed by atoms with E-state index in [0.717, 1.165) is 11.1 Å². The second-order valence-electron chi connectivity index (χ2n) is 2.94. The van der Waals surface area contributed by atoms with E-state index in [4.69, 9.17) is 10.5 Å². The van der Waals surface area contributed by atoms with Gasteiger partial charge in [0.1, 0.15) is 0 Å². The Morgan fingerprint density at radius 2 is 2.07 bits per heavy atom. The van der Waals surface area contributed by atoms with Crippen LogP contribution in [-0.2, 0) is 0 Å². The lowest BCUT2D eigenvalue weighted by Crippen LogP contribution is -1.84. The highest BCUT2D eigenvalue weighted by Gasteiger charge is 2.06. The standard InChI is InChI=1S/C12H5N2S/c13-6-9-1-2-12(11(5-9)7-14)10-3-4-15-8-10/h1-3,5,8H. The van der Waals surface area contributed by atoms with Crippen LogP contribution < -0.4 is 0 Å². The lowest BCUT2D eigenvalue weighted by atomic mass is 10.0. The van der Waals surface area contributed by atoms with E-state index in [2.05, 4.69) is 11.4 Å². The van der Waals surface area contributed by atoms with Crippen LogP contribution in [0.2, 0.25) is 0 Å². The fraction of sp³-hybridized carbons (Fsp3) is 0. The maximum absolute atomic E-state index is 8.97. The quantitative estimate of drug-likeness (QED) is 0.724. The Labute approximate surface area is 91.6 Å². The summed E-state index contributed by atoms with van der Waals surface area (Å²) in [6.07, 6.45) is 0. The molecule has 0 saturated heterocycles. The Kier molecular flexibility index (Phi) is 2.49. The minimum atomic E-state index is 0.509. The summed E-state index contributed by atoms with van der Waals surface area (Å²) in [5.41, 5.74) is 2.87. The topological polar surface area (TPSA) is 47.6 Å². The van der Waals surface area contributed by atoms with Gasteiger partial charge in [-0.05, 0) is 29.1 Å². The van der Waals surface area contributed by atoms with E-state index in [1.807, 2.05) is 17.5 Å². The van der Waals surface area contributed by atoms with E-state index in [0.29, 0.717) is 11.1 Å². The van der Waals surface area contributed by atoms with Crippen LogP contribution in [0.25, 0.3) is 11.1 Å². The number of hydrogen-bond donors (Lipinski definition) is 0. The van der Waals surface area contributed by atoms with Crippen LogP contribution in [0.1, 0.15) is 11.1 Å². The summed E-state index contributed by atoms with van der Waals surface area (Å²) < 4.78 is 0. The average molecular weight is 209 g/mol. The van der Waals surface area contributed by atoms with Crippen LogP contribution in [0.4, 0.5) is 0 Å². The van der Waals surface area contributed by atoms with Crippen molar-refractivity contribution in [1.82, 2.24) is 0 Å². The third kappa shape index (κ3) is 1.74. The summed E-state index contributed by atoms with van der Waals surface area (Å²) in [6, 6.07) is 11.1. The van der Waals surface area contributed by atoms with Gasteiger partial charge in [-0.15, -0.1) is 11.3 Å². The van der Waals surface area contributed by atoms with Crippen molar-refractivity contribution in [2.45, 2.75) is 0 Å². The van der Waals surface area contributed by atoms with Crippen molar-refractivity contribution >= 4 is 11.3 Å². The maximum Gasteiger partial charge on any atom is 0.0998 e. The fourth-order valence-electron chi connectivity index (χ4n) is 1.33. The van der Waals surface area contributed by atoms with Crippen molar-refractivity contribution in [3.8, 4) is 23.3 Å².